The van der Waals surface area contributed by atoms with E-state index in [1.54, 1.807) is 29.2 Å². The van der Waals surface area contributed by atoms with Crippen molar-refractivity contribution in [2.45, 2.75) is 25.7 Å². The SMILES string of the molecule is CC(=O)Oc1ccc(C2C=C(C(F)(F)F)CN2Cc2ccccc2)cc1. The van der Waals surface area contributed by atoms with E-state index in [-0.39, 0.29) is 6.54 Å². The maximum atomic E-state index is 13.2. The minimum atomic E-state index is -4.35. The summed E-state index contributed by atoms with van der Waals surface area (Å²) in [4.78, 5) is 12.8. The number of rotatable bonds is 4. The van der Waals surface area contributed by atoms with Gasteiger partial charge in [0.2, 0.25) is 0 Å². The van der Waals surface area contributed by atoms with Crippen LogP contribution in [0, 0.1) is 0 Å². The first-order chi connectivity index (χ1) is 12.3. The molecule has 136 valence electrons. The molecule has 2 aromatic carbocycles. The number of hydrogen-bond donors (Lipinski definition) is 0. The standard InChI is InChI=1S/C20H18F3NO2/c1-14(25)26-18-9-7-16(8-10-18)19-11-17(20(21,22)23)13-24(19)12-15-5-3-2-4-6-15/h2-11,19H,12-13H2,1H3. The van der Waals surface area contributed by atoms with Crippen LogP contribution in [0.4, 0.5) is 13.2 Å². The number of esters is 1. The first-order valence-electron chi connectivity index (χ1n) is 8.17. The summed E-state index contributed by atoms with van der Waals surface area (Å²) in [5.74, 6) is -0.0718. The first-order valence-corrected chi connectivity index (χ1v) is 8.17. The van der Waals surface area contributed by atoms with Crippen LogP contribution in [0.2, 0.25) is 0 Å². The van der Waals surface area contributed by atoms with E-state index in [0.717, 1.165) is 11.1 Å². The number of ether oxygens (including phenoxy) is 1. The predicted octanol–water partition coefficient (Wildman–Crippen LogP) is 4.66. The van der Waals surface area contributed by atoms with E-state index >= 15 is 0 Å². The van der Waals surface area contributed by atoms with Gasteiger partial charge in [-0.2, -0.15) is 13.2 Å². The number of nitrogens with zero attached hydrogens (tertiary/aromatic N) is 1. The summed E-state index contributed by atoms with van der Waals surface area (Å²) in [6.07, 6.45) is -3.08. The third-order valence-corrected chi connectivity index (χ3v) is 4.20. The number of halogens is 3. The van der Waals surface area contributed by atoms with E-state index in [2.05, 4.69) is 0 Å². The predicted molar refractivity (Wildman–Crippen MR) is 91.5 cm³/mol. The van der Waals surface area contributed by atoms with Gasteiger partial charge in [-0.1, -0.05) is 48.5 Å². The van der Waals surface area contributed by atoms with Crippen molar-refractivity contribution in [1.29, 1.82) is 0 Å². The zero-order valence-electron chi connectivity index (χ0n) is 14.2. The number of carbonyl (C=O) groups is 1. The van der Waals surface area contributed by atoms with Gasteiger partial charge in [-0.25, -0.2) is 0 Å². The smallest absolute Gasteiger partial charge is 0.413 e. The molecule has 0 fully saturated rings. The molecule has 0 aromatic heterocycles. The van der Waals surface area contributed by atoms with Gasteiger partial charge in [0.1, 0.15) is 5.75 Å². The fourth-order valence-electron chi connectivity index (χ4n) is 3.03. The average Bonchev–Trinajstić information content (AvgIpc) is 3.00. The van der Waals surface area contributed by atoms with Crippen LogP contribution in [0.5, 0.6) is 5.75 Å². The van der Waals surface area contributed by atoms with Crippen molar-refractivity contribution >= 4 is 5.97 Å². The molecule has 0 spiro atoms. The van der Waals surface area contributed by atoms with Crippen molar-refractivity contribution in [2.75, 3.05) is 6.54 Å². The normalized spacial score (nSPS) is 17.8. The Bertz CT molecular complexity index is 798. The van der Waals surface area contributed by atoms with Gasteiger partial charge in [0.15, 0.2) is 0 Å². The highest BCUT2D eigenvalue weighted by Crippen LogP contribution is 2.38. The molecule has 0 saturated carbocycles. The van der Waals surface area contributed by atoms with Crippen molar-refractivity contribution in [3.63, 3.8) is 0 Å². The summed E-state index contributed by atoms with van der Waals surface area (Å²) in [7, 11) is 0. The Morgan fingerprint density at radius 1 is 1.12 bits per heavy atom. The molecule has 3 nitrogen and oxygen atoms in total. The van der Waals surface area contributed by atoms with E-state index in [1.807, 2.05) is 30.3 Å². The molecule has 1 heterocycles. The highest BCUT2D eigenvalue weighted by Gasteiger charge is 2.40. The van der Waals surface area contributed by atoms with Crippen LogP contribution in [-0.2, 0) is 11.3 Å². The van der Waals surface area contributed by atoms with Gasteiger partial charge in [0.25, 0.3) is 0 Å². The highest BCUT2D eigenvalue weighted by molar-refractivity contribution is 5.69. The van der Waals surface area contributed by atoms with Crippen LogP contribution in [0.15, 0.2) is 66.2 Å². The quantitative estimate of drug-likeness (QED) is 0.451. The van der Waals surface area contributed by atoms with Gasteiger partial charge in [-0.05, 0) is 23.3 Å². The number of hydrogen-bond acceptors (Lipinski definition) is 3. The van der Waals surface area contributed by atoms with Gasteiger partial charge >= 0.3 is 12.1 Å². The van der Waals surface area contributed by atoms with E-state index in [4.69, 9.17) is 4.74 Å². The fourth-order valence-corrected chi connectivity index (χ4v) is 3.03. The Hall–Kier alpha value is -2.60. The topological polar surface area (TPSA) is 29.5 Å². The molecule has 0 saturated heterocycles. The molecule has 1 atom stereocenters. The van der Waals surface area contributed by atoms with E-state index in [0.29, 0.717) is 12.3 Å². The van der Waals surface area contributed by atoms with Crippen molar-refractivity contribution in [1.82, 2.24) is 4.90 Å². The van der Waals surface area contributed by atoms with Crippen molar-refractivity contribution in [3.8, 4) is 5.75 Å². The molecule has 0 radical (unpaired) electrons. The summed E-state index contributed by atoms with van der Waals surface area (Å²) < 4.78 is 44.6. The lowest BCUT2D eigenvalue weighted by atomic mass is 10.1. The summed E-state index contributed by atoms with van der Waals surface area (Å²) >= 11 is 0. The van der Waals surface area contributed by atoms with Crippen molar-refractivity contribution in [2.24, 2.45) is 0 Å². The Balaban J connectivity index is 1.86. The second-order valence-corrected chi connectivity index (χ2v) is 6.19. The fraction of sp³-hybridized carbons (Fsp3) is 0.250. The molecule has 2 aromatic rings. The summed E-state index contributed by atoms with van der Waals surface area (Å²) in [6.45, 7) is 1.55. The maximum absolute atomic E-state index is 13.2. The molecule has 0 N–H and O–H groups in total. The summed E-state index contributed by atoms with van der Waals surface area (Å²) in [5.41, 5.74) is 1.13. The van der Waals surface area contributed by atoms with Crippen molar-refractivity contribution < 1.29 is 22.7 Å². The molecule has 3 rings (SSSR count). The lowest BCUT2D eigenvalue weighted by Crippen LogP contribution is -2.26. The molecular weight excluding hydrogens is 343 g/mol. The molecule has 1 aliphatic rings. The molecule has 0 amide bonds. The molecule has 1 aliphatic heterocycles. The maximum Gasteiger partial charge on any atom is 0.413 e. The van der Waals surface area contributed by atoms with Crippen molar-refractivity contribution in [3.05, 3.63) is 77.4 Å². The van der Waals surface area contributed by atoms with Gasteiger partial charge in [-0.3, -0.25) is 9.69 Å². The Kier molecular flexibility index (Phi) is 5.13. The third kappa shape index (κ3) is 4.32. The second-order valence-electron chi connectivity index (χ2n) is 6.19. The highest BCUT2D eigenvalue weighted by atomic mass is 19.4. The first kappa shape index (κ1) is 18.2. The largest absolute Gasteiger partial charge is 0.427 e. The average molecular weight is 361 g/mol. The van der Waals surface area contributed by atoms with Crippen LogP contribution < -0.4 is 4.74 Å². The van der Waals surface area contributed by atoms with Gasteiger partial charge in [0.05, 0.1) is 6.04 Å². The molecular formula is C20H18F3NO2. The van der Waals surface area contributed by atoms with Crippen LogP contribution in [0.3, 0.4) is 0 Å². The number of alkyl halides is 3. The molecule has 26 heavy (non-hydrogen) atoms. The number of carbonyl (C=O) groups excluding carboxylic acids is 1. The Labute approximate surface area is 149 Å². The van der Waals surface area contributed by atoms with Gasteiger partial charge < -0.3 is 4.74 Å². The molecule has 1 unspecified atom stereocenters. The van der Waals surface area contributed by atoms with Crippen LogP contribution in [0.25, 0.3) is 0 Å². The van der Waals surface area contributed by atoms with Gasteiger partial charge in [0, 0.05) is 25.6 Å². The minimum absolute atomic E-state index is 0.158. The third-order valence-electron chi connectivity index (χ3n) is 4.20. The van der Waals surface area contributed by atoms with E-state index in [9.17, 15) is 18.0 Å². The zero-order valence-corrected chi connectivity index (χ0v) is 14.2. The monoisotopic (exact) mass is 361 g/mol. The van der Waals surface area contributed by atoms with Crippen LogP contribution >= 0.6 is 0 Å². The second kappa shape index (κ2) is 7.33. The molecule has 0 aliphatic carbocycles. The Morgan fingerprint density at radius 3 is 2.35 bits per heavy atom. The summed E-state index contributed by atoms with van der Waals surface area (Å²) in [6, 6.07) is 15.5. The lowest BCUT2D eigenvalue weighted by molar-refractivity contribution is -0.131. The lowest BCUT2D eigenvalue weighted by Gasteiger charge is -2.25. The Morgan fingerprint density at radius 2 is 1.77 bits per heavy atom. The zero-order chi connectivity index (χ0) is 18.7. The van der Waals surface area contributed by atoms with Crippen LogP contribution in [0.1, 0.15) is 24.1 Å². The van der Waals surface area contributed by atoms with E-state index < -0.39 is 23.8 Å². The number of benzene rings is 2. The molecule has 0 bridgehead atoms. The van der Waals surface area contributed by atoms with Gasteiger partial charge in [-0.15, -0.1) is 0 Å². The van der Waals surface area contributed by atoms with E-state index in [1.165, 1.54) is 13.0 Å². The molecule has 6 heteroatoms. The minimum Gasteiger partial charge on any atom is -0.427 e. The van der Waals surface area contributed by atoms with Crippen LogP contribution in [-0.4, -0.2) is 23.6 Å². The summed E-state index contributed by atoms with van der Waals surface area (Å²) in [5, 5.41) is 0.